The van der Waals surface area contributed by atoms with Gasteiger partial charge in [0.15, 0.2) is 0 Å². The number of hydrogen-bond acceptors (Lipinski definition) is 2. The van der Waals surface area contributed by atoms with E-state index in [0.717, 1.165) is 12.0 Å². The molecule has 2 nitrogen and oxygen atoms in total. The van der Waals surface area contributed by atoms with Crippen molar-refractivity contribution in [3.05, 3.63) is 0 Å². The van der Waals surface area contributed by atoms with Crippen LogP contribution in [-0.2, 0) is 0 Å². The molecule has 1 aliphatic carbocycles. The van der Waals surface area contributed by atoms with Gasteiger partial charge < -0.3 is 5.73 Å². The Hall–Kier alpha value is -0.0800. The molecule has 4 atom stereocenters. The van der Waals surface area contributed by atoms with Gasteiger partial charge in [0, 0.05) is 24.7 Å². The summed E-state index contributed by atoms with van der Waals surface area (Å²) in [5.74, 6) is 0.871. The zero-order valence-corrected chi connectivity index (χ0v) is 10.3. The van der Waals surface area contributed by atoms with Crippen molar-refractivity contribution < 1.29 is 0 Å². The van der Waals surface area contributed by atoms with E-state index in [1.807, 2.05) is 0 Å². The number of nitrogens with zero attached hydrogens (tertiary/aromatic N) is 1. The Morgan fingerprint density at radius 3 is 2.47 bits per heavy atom. The summed E-state index contributed by atoms with van der Waals surface area (Å²) in [4.78, 5) is 2.70. The van der Waals surface area contributed by atoms with Crippen LogP contribution in [0.5, 0.6) is 0 Å². The molecular weight excluding hydrogens is 184 g/mol. The van der Waals surface area contributed by atoms with Crippen LogP contribution in [0, 0.1) is 5.92 Å². The molecule has 1 heterocycles. The lowest BCUT2D eigenvalue weighted by Crippen LogP contribution is -2.48. The van der Waals surface area contributed by atoms with Gasteiger partial charge in [0.2, 0.25) is 0 Å². The van der Waals surface area contributed by atoms with Gasteiger partial charge in [0.25, 0.3) is 0 Å². The summed E-state index contributed by atoms with van der Waals surface area (Å²) in [6, 6.07) is 1.86. The van der Waals surface area contributed by atoms with Gasteiger partial charge in [-0.1, -0.05) is 26.2 Å². The molecule has 2 fully saturated rings. The van der Waals surface area contributed by atoms with Crippen LogP contribution in [0.4, 0.5) is 0 Å². The summed E-state index contributed by atoms with van der Waals surface area (Å²) < 4.78 is 0. The van der Waals surface area contributed by atoms with E-state index < -0.39 is 0 Å². The first-order valence-corrected chi connectivity index (χ1v) is 6.70. The monoisotopic (exact) mass is 210 g/mol. The quantitative estimate of drug-likeness (QED) is 0.673. The second-order valence-electron chi connectivity index (χ2n) is 5.76. The highest BCUT2D eigenvalue weighted by molar-refractivity contribution is 4.91. The molecule has 15 heavy (non-hydrogen) atoms. The highest BCUT2D eigenvalue weighted by Crippen LogP contribution is 2.30. The van der Waals surface area contributed by atoms with E-state index in [1.54, 1.807) is 0 Å². The second-order valence-corrected chi connectivity index (χ2v) is 5.76. The number of nitrogens with two attached hydrogens (primary N) is 1. The van der Waals surface area contributed by atoms with Crippen LogP contribution in [0.25, 0.3) is 0 Å². The van der Waals surface area contributed by atoms with Gasteiger partial charge in [0.05, 0.1) is 0 Å². The molecular formula is C13H26N2. The first-order valence-electron chi connectivity index (χ1n) is 6.70. The molecule has 0 amide bonds. The van der Waals surface area contributed by atoms with Crippen LogP contribution in [0.3, 0.4) is 0 Å². The van der Waals surface area contributed by atoms with E-state index in [-0.39, 0.29) is 0 Å². The SMILES string of the molecule is CC1CC(C)N(C2CCCCCC2N)C1. The molecule has 0 spiro atoms. The normalized spacial score (nSPS) is 44.2. The Kier molecular flexibility index (Phi) is 3.68. The zero-order chi connectivity index (χ0) is 10.8. The summed E-state index contributed by atoms with van der Waals surface area (Å²) in [5, 5.41) is 0. The van der Waals surface area contributed by atoms with Crippen molar-refractivity contribution in [3.8, 4) is 0 Å². The minimum absolute atomic E-state index is 0.431. The fourth-order valence-electron chi connectivity index (χ4n) is 3.52. The van der Waals surface area contributed by atoms with Crippen molar-refractivity contribution in [1.82, 2.24) is 4.90 Å². The number of hydrogen-bond donors (Lipinski definition) is 1. The summed E-state index contributed by atoms with van der Waals surface area (Å²) in [7, 11) is 0. The summed E-state index contributed by atoms with van der Waals surface area (Å²) >= 11 is 0. The Morgan fingerprint density at radius 2 is 1.80 bits per heavy atom. The van der Waals surface area contributed by atoms with Crippen LogP contribution in [0.2, 0.25) is 0 Å². The molecule has 2 N–H and O–H groups in total. The molecule has 0 bridgehead atoms. The number of likely N-dealkylation sites (tertiary alicyclic amines) is 1. The second kappa shape index (κ2) is 4.84. The minimum Gasteiger partial charge on any atom is -0.326 e. The highest BCUT2D eigenvalue weighted by atomic mass is 15.2. The molecule has 0 radical (unpaired) electrons. The Balaban J connectivity index is 2.00. The Labute approximate surface area is 94.2 Å². The van der Waals surface area contributed by atoms with Crippen molar-refractivity contribution >= 4 is 0 Å². The predicted octanol–water partition coefficient (Wildman–Crippen LogP) is 2.38. The molecule has 88 valence electrons. The van der Waals surface area contributed by atoms with Crippen LogP contribution < -0.4 is 5.73 Å². The van der Waals surface area contributed by atoms with E-state index >= 15 is 0 Å². The summed E-state index contributed by atoms with van der Waals surface area (Å²) in [5.41, 5.74) is 6.32. The zero-order valence-electron chi connectivity index (χ0n) is 10.3. The van der Waals surface area contributed by atoms with Crippen molar-refractivity contribution in [3.63, 3.8) is 0 Å². The van der Waals surface area contributed by atoms with E-state index in [0.29, 0.717) is 12.1 Å². The van der Waals surface area contributed by atoms with Crippen molar-refractivity contribution in [2.45, 2.75) is 70.5 Å². The molecule has 1 saturated heterocycles. The van der Waals surface area contributed by atoms with Gasteiger partial charge in [-0.3, -0.25) is 4.90 Å². The number of rotatable bonds is 1. The molecule has 0 aromatic rings. The molecule has 0 aromatic carbocycles. The molecule has 4 unspecified atom stereocenters. The summed E-state index contributed by atoms with van der Waals surface area (Å²) in [6.45, 7) is 6.03. The van der Waals surface area contributed by atoms with Crippen molar-refractivity contribution in [2.24, 2.45) is 11.7 Å². The van der Waals surface area contributed by atoms with Crippen LogP contribution in [-0.4, -0.2) is 29.6 Å². The fourth-order valence-corrected chi connectivity index (χ4v) is 3.52. The predicted molar refractivity (Wildman–Crippen MR) is 64.8 cm³/mol. The maximum Gasteiger partial charge on any atom is 0.0250 e. The molecule has 2 rings (SSSR count). The van der Waals surface area contributed by atoms with E-state index in [2.05, 4.69) is 18.7 Å². The lowest BCUT2D eigenvalue weighted by atomic mass is 10.0. The maximum absolute atomic E-state index is 6.32. The topological polar surface area (TPSA) is 29.3 Å². The molecule has 1 aliphatic heterocycles. The van der Waals surface area contributed by atoms with Gasteiger partial charge in [-0.25, -0.2) is 0 Å². The average molecular weight is 210 g/mol. The third-order valence-corrected chi connectivity index (χ3v) is 4.29. The minimum atomic E-state index is 0.431. The van der Waals surface area contributed by atoms with Crippen LogP contribution in [0.15, 0.2) is 0 Å². The maximum atomic E-state index is 6.32. The van der Waals surface area contributed by atoms with Crippen LogP contribution >= 0.6 is 0 Å². The standard InChI is InChI=1S/C13H26N2/c1-10-8-11(2)15(9-10)13-7-5-3-4-6-12(13)14/h10-13H,3-9,14H2,1-2H3. The van der Waals surface area contributed by atoms with Crippen molar-refractivity contribution in [2.75, 3.05) is 6.54 Å². The smallest absolute Gasteiger partial charge is 0.0250 e. The summed E-state index contributed by atoms with van der Waals surface area (Å²) in [6.07, 6.45) is 8.05. The lowest BCUT2D eigenvalue weighted by Gasteiger charge is -2.34. The first kappa shape index (κ1) is 11.4. The molecule has 2 heteroatoms. The average Bonchev–Trinajstić information content (AvgIpc) is 2.39. The molecule has 0 aromatic heterocycles. The van der Waals surface area contributed by atoms with Gasteiger partial charge >= 0.3 is 0 Å². The van der Waals surface area contributed by atoms with Crippen LogP contribution in [0.1, 0.15) is 52.4 Å². The largest absolute Gasteiger partial charge is 0.326 e. The Morgan fingerprint density at radius 1 is 1.07 bits per heavy atom. The van der Waals surface area contributed by atoms with Gasteiger partial charge in [0.1, 0.15) is 0 Å². The van der Waals surface area contributed by atoms with Gasteiger partial charge in [-0.05, 0) is 32.1 Å². The highest BCUT2D eigenvalue weighted by Gasteiger charge is 2.34. The van der Waals surface area contributed by atoms with E-state index in [9.17, 15) is 0 Å². The third kappa shape index (κ3) is 2.54. The first-order chi connectivity index (χ1) is 7.18. The lowest BCUT2D eigenvalue weighted by molar-refractivity contribution is 0.154. The van der Waals surface area contributed by atoms with E-state index in [1.165, 1.54) is 45.1 Å². The van der Waals surface area contributed by atoms with Gasteiger partial charge in [-0.2, -0.15) is 0 Å². The van der Waals surface area contributed by atoms with Crippen molar-refractivity contribution in [1.29, 1.82) is 0 Å². The Bertz CT molecular complexity index is 205. The fraction of sp³-hybridized carbons (Fsp3) is 1.00. The third-order valence-electron chi connectivity index (χ3n) is 4.29. The molecule has 1 saturated carbocycles. The van der Waals surface area contributed by atoms with Gasteiger partial charge in [-0.15, -0.1) is 0 Å². The molecule has 2 aliphatic rings. The van der Waals surface area contributed by atoms with E-state index in [4.69, 9.17) is 5.73 Å².